The number of hydrogen-bond donors (Lipinski definition) is 1. The van der Waals surface area contributed by atoms with Crippen molar-refractivity contribution in [3.63, 3.8) is 0 Å². The van der Waals surface area contributed by atoms with Crippen molar-refractivity contribution in [2.75, 3.05) is 18.5 Å². The maximum Gasteiger partial charge on any atom is 0.0508 e. The SMILES string of the molecule is CC(C)CN(C)c1ccc(CNC(C)C)cc1Br. The lowest BCUT2D eigenvalue weighted by atomic mass is 10.1. The van der Waals surface area contributed by atoms with Gasteiger partial charge in [0.2, 0.25) is 0 Å². The molecule has 0 unspecified atom stereocenters. The Bertz CT molecular complexity index is 375. The van der Waals surface area contributed by atoms with Crippen LogP contribution in [-0.2, 0) is 6.54 Å². The second-order valence-corrected chi connectivity index (χ2v) is 6.45. The van der Waals surface area contributed by atoms with E-state index in [0.29, 0.717) is 12.0 Å². The van der Waals surface area contributed by atoms with Gasteiger partial charge in [-0.1, -0.05) is 33.8 Å². The van der Waals surface area contributed by atoms with Gasteiger partial charge in [0.1, 0.15) is 0 Å². The summed E-state index contributed by atoms with van der Waals surface area (Å²) in [6.45, 7) is 10.8. The van der Waals surface area contributed by atoms with Crippen molar-refractivity contribution >= 4 is 21.6 Å². The molecule has 0 aliphatic heterocycles. The van der Waals surface area contributed by atoms with Gasteiger partial charge in [-0.05, 0) is 39.5 Å². The Labute approximate surface area is 120 Å². The second kappa shape index (κ2) is 7.15. The quantitative estimate of drug-likeness (QED) is 0.853. The lowest BCUT2D eigenvalue weighted by Gasteiger charge is -2.23. The van der Waals surface area contributed by atoms with E-state index in [2.05, 4.69) is 79.1 Å². The highest BCUT2D eigenvalue weighted by molar-refractivity contribution is 9.10. The minimum absolute atomic E-state index is 0.520. The lowest BCUT2D eigenvalue weighted by Crippen LogP contribution is -2.23. The third kappa shape index (κ3) is 4.99. The smallest absolute Gasteiger partial charge is 0.0508 e. The topological polar surface area (TPSA) is 15.3 Å². The van der Waals surface area contributed by atoms with Crippen molar-refractivity contribution in [1.29, 1.82) is 0 Å². The number of benzene rings is 1. The first-order valence-electron chi connectivity index (χ1n) is 6.63. The fourth-order valence-electron chi connectivity index (χ4n) is 1.94. The van der Waals surface area contributed by atoms with Crippen LogP contribution in [0.25, 0.3) is 0 Å². The first-order valence-corrected chi connectivity index (χ1v) is 7.42. The zero-order valence-corrected chi connectivity index (χ0v) is 13.7. The molecule has 0 heterocycles. The molecule has 0 fully saturated rings. The van der Waals surface area contributed by atoms with Gasteiger partial charge in [0.15, 0.2) is 0 Å². The number of hydrogen-bond acceptors (Lipinski definition) is 2. The van der Waals surface area contributed by atoms with E-state index < -0.39 is 0 Å². The fraction of sp³-hybridized carbons (Fsp3) is 0.600. The zero-order valence-electron chi connectivity index (χ0n) is 12.1. The molecule has 1 rings (SSSR count). The standard InChI is InChI=1S/C15H25BrN2/c1-11(2)10-18(5)15-7-6-13(8-14(15)16)9-17-12(3)4/h6-8,11-12,17H,9-10H2,1-5H3. The molecule has 1 aromatic rings. The van der Waals surface area contributed by atoms with E-state index in [1.54, 1.807) is 0 Å². The largest absolute Gasteiger partial charge is 0.373 e. The maximum atomic E-state index is 3.68. The van der Waals surface area contributed by atoms with Gasteiger partial charge in [0, 0.05) is 30.7 Å². The van der Waals surface area contributed by atoms with Crippen LogP contribution in [0.1, 0.15) is 33.3 Å². The Balaban J connectivity index is 2.73. The average Bonchev–Trinajstić information content (AvgIpc) is 2.25. The normalized spacial score (nSPS) is 11.3. The van der Waals surface area contributed by atoms with Gasteiger partial charge >= 0.3 is 0 Å². The summed E-state index contributed by atoms with van der Waals surface area (Å²) in [5.41, 5.74) is 2.58. The highest BCUT2D eigenvalue weighted by atomic mass is 79.9. The summed E-state index contributed by atoms with van der Waals surface area (Å²) in [5.74, 6) is 0.671. The van der Waals surface area contributed by atoms with Crippen molar-refractivity contribution in [3.05, 3.63) is 28.2 Å². The van der Waals surface area contributed by atoms with Crippen molar-refractivity contribution in [2.24, 2.45) is 5.92 Å². The highest BCUT2D eigenvalue weighted by Crippen LogP contribution is 2.27. The van der Waals surface area contributed by atoms with Gasteiger partial charge in [-0.15, -0.1) is 0 Å². The summed E-state index contributed by atoms with van der Waals surface area (Å²) >= 11 is 3.68. The minimum atomic E-state index is 0.520. The van der Waals surface area contributed by atoms with Gasteiger partial charge in [-0.2, -0.15) is 0 Å². The minimum Gasteiger partial charge on any atom is -0.373 e. The van der Waals surface area contributed by atoms with Crippen LogP contribution in [0.5, 0.6) is 0 Å². The summed E-state index contributed by atoms with van der Waals surface area (Å²) in [4.78, 5) is 2.30. The molecule has 0 aliphatic rings. The van der Waals surface area contributed by atoms with E-state index in [4.69, 9.17) is 0 Å². The molecule has 1 aromatic carbocycles. The molecule has 0 saturated carbocycles. The van der Waals surface area contributed by atoms with Crippen LogP contribution in [0.2, 0.25) is 0 Å². The van der Waals surface area contributed by atoms with Crippen LogP contribution in [0.4, 0.5) is 5.69 Å². The lowest BCUT2D eigenvalue weighted by molar-refractivity contribution is 0.588. The van der Waals surface area contributed by atoms with E-state index in [1.165, 1.54) is 15.7 Å². The summed E-state index contributed by atoms with van der Waals surface area (Å²) in [6.07, 6.45) is 0. The maximum absolute atomic E-state index is 3.68. The zero-order chi connectivity index (χ0) is 13.7. The summed E-state index contributed by atoms with van der Waals surface area (Å²) in [7, 11) is 2.14. The molecule has 0 saturated heterocycles. The third-order valence-electron chi connectivity index (χ3n) is 2.78. The molecule has 0 spiro atoms. The number of halogens is 1. The predicted molar refractivity (Wildman–Crippen MR) is 84.2 cm³/mol. The molecule has 0 amide bonds. The molecular weight excluding hydrogens is 288 g/mol. The van der Waals surface area contributed by atoms with Crippen LogP contribution in [0, 0.1) is 5.92 Å². The Hall–Kier alpha value is -0.540. The highest BCUT2D eigenvalue weighted by Gasteiger charge is 2.08. The molecule has 0 bridgehead atoms. The van der Waals surface area contributed by atoms with Gasteiger partial charge in [0.05, 0.1) is 5.69 Å². The molecule has 3 heteroatoms. The molecule has 18 heavy (non-hydrogen) atoms. The molecule has 0 radical (unpaired) electrons. The number of nitrogens with one attached hydrogen (secondary N) is 1. The van der Waals surface area contributed by atoms with Crippen molar-refractivity contribution in [3.8, 4) is 0 Å². The fourth-order valence-corrected chi connectivity index (χ4v) is 2.67. The molecule has 102 valence electrons. The van der Waals surface area contributed by atoms with Crippen LogP contribution in [-0.4, -0.2) is 19.6 Å². The van der Waals surface area contributed by atoms with Crippen LogP contribution < -0.4 is 10.2 Å². The predicted octanol–water partition coefficient (Wildman–Crippen LogP) is 4.04. The second-order valence-electron chi connectivity index (χ2n) is 5.60. The molecule has 2 nitrogen and oxygen atoms in total. The summed E-state index contributed by atoms with van der Waals surface area (Å²) < 4.78 is 1.17. The molecular formula is C15H25BrN2. The number of anilines is 1. The molecule has 0 aliphatic carbocycles. The number of rotatable bonds is 6. The first-order chi connectivity index (χ1) is 8.40. The monoisotopic (exact) mass is 312 g/mol. The average molecular weight is 313 g/mol. The third-order valence-corrected chi connectivity index (χ3v) is 3.41. The summed E-state index contributed by atoms with van der Waals surface area (Å²) in [6, 6.07) is 7.13. The van der Waals surface area contributed by atoms with Crippen LogP contribution in [0.15, 0.2) is 22.7 Å². The van der Waals surface area contributed by atoms with Gasteiger partial charge in [0.25, 0.3) is 0 Å². The van der Waals surface area contributed by atoms with E-state index in [9.17, 15) is 0 Å². The van der Waals surface area contributed by atoms with Crippen molar-refractivity contribution in [1.82, 2.24) is 5.32 Å². The molecule has 1 N–H and O–H groups in total. The van der Waals surface area contributed by atoms with Crippen LogP contribution in [0.3, 0.4) is 0 Å². The first kappa shape index (κ1) is 15.5. The molecule has 0 aromatic heterocycles. The van der Waals surface area contributed by atoms with E-state index >= 15 is 0 Å². The molecule has 0 atom stereocenters. The Morgan fingerprint density at radius 1 is 1.22 bits per heavy atom. The van der Waals surface area contributed by atoms with E-state index in [0.717, 1.165) is 13.1 Å². The van der Waals surface area contributed by atoms with Gasteiger partial charge < -0.3 is 10.2 Å². The van der Waals surface area contributed by atoms with Gasteiger partial charge in [-0.25, -0.2) is 0 Å². The van der Waals surface area contributed by atoms with E-state index in [-0.39, 0.29) is 0 Å². The van der Waals surface area contributed by atoms with Crippen LogP contribution >= 0.6 is 15.9 Å². The van der Waals surface area contributed by atoms with Gasteiger partial charge in [-0.3, -0.25) is 0 Å². The van der Waals surface area contributed by atoms with Crippen molar-refractivity contribution in [2.45, 2.75) is 40.3 Å². The van der Waals surface area contributed by atoms with E-state index in [1.807, 2.05) is 0 Å². The summed E-state index contributed by atoms with van der Waals surface area (Å²) in [5, 5.41) is 3.44. The Morgan fingerprint density at radius 3 is 2.39 bits per heavy atom. The van der Waals surface area contributed by atoms with Crippen molar-refractivity contribution < 1.29 is 0 Å². The Morgan fingerprint density at radius 2 is 1.89 bits per heavy atom. The number of nitrogens with zero attached hydrogens (tertiary/aromatic N) is 1. The Kier molecular flexibility index (Phi) is 6.16.